The maximum atomic E-state index is 12.2. The lowest BCUT2D eigenvalue weighted by Gasteiger charge is -2.47. The van der Waals surface area contributed by atoms with Gasteiger partial charge in [-0.05, 0) is 45.5 Å². The molecule has 2 rings (SSSR count). The van der Waals surface area contributed by atoms with Gasteiger partial charge >= 0.3 is 0 Å². The molecule has 1 aliphatic rings. The SMILES string of the molecule is CCNS(=O)(=O)c1ccccc1NCC1(N(C)C)CCC1. The number of hydrogen-bond donors (Lipinski definition) is 2. The first-order valence-electron chi connectivity index (χ1n) is 7.41. The standard InChI is InChI=1S/C15H25N3O2S/c1-4-17-21(19,20)14-9-6-5-8-13(14)16-12-15(18(2)3)10-7-11-15/h5-6,8-9,16-17H,4,7,10-12H2,1-3H3. The lowest BCUT2D eigenvalue weighted by Crippen LogP contribution is -2.54. The van der Waals surface area contributed by atoms with E-state index in [2.05, 4.69) is 29.0 Å². The minimum absolute atomic E-state index is 0.148. The van der Waals surface area contributed by atoms with Crippen LogP contribution in [0.1, 0.15) is 26.2 Å². The summed E-state index contributed by atoms with van der Waals surface area (Å²) in [4.78, 5) is 2.56. The molecule has 1 aromatic carbocycles. The lowest BCUT2D eigenvalue weighted by atomic mass is 9.75. The van der Waals surface area contributed by atoms with Crippen LogP contribution < -0.4 is 10.0 Å². The smallest absolute Gasteiger partial charge is 0.242 e. The summed E-state index contributed by atoms with van der Waals surface area (Å²) in [6, 6.07) is 7.08. The lowest BCUT2D eigenvalue weighted by molar-refractivity contribution is 0.0738. The van der Waals surface area contributed by atoms with Crippen LogP contribution in [0.15, 0.2) is 29.2 Å². The number of benzene rings is 1. The van der Waals surface area contributed by atoms with Crippen molar-refractivity contribution in [3.05, 3.63) is 24.3 Å². The molecule has 118 valence electrons. The minimum Gasteiger partial charge on any atom is -0.382 e. The van der Waals surface area contributed by atoms with Crippen molar-refractivity contribution in [1.29, 1.82) is 0 Å². The van der Waals surface area contributed by atoms with Crippen LogP contribution in [0.5, 0.6) is 0 Å². The molecule has 6 heteroatoms. The zero-order valence-corrected chi connectivity index (χ0v) is 13.8. The molecule has 0 spiro atoms. The van der Waals surface area contributed by atoms with Gasteiger partial charge in [0.25, 0.3) is 0 Å². The predicted octanol–water partition coefficient (Wildman–Crippen LogP) is 1.88. The van der Waals surface area contributed by atoms with E-state index >= 15 is 0 Å². The number of rotatable bonds is 7. The van der Waals surface area contributed by atoms with Gasteiger partial charge in [-0.15, -0.1) is 0 Å². The van der Waals surface area contributed by atoms with E-state index < -0.39 is 10.0 Å². The fourth-order valence-electron chi connectivity index (χ4n) is 2.74. The highest BCUT2D eigenvalue weighted by Crippen LogP contribution is 2.36. The summed E-state index contributed by atoms with van der Waals surface area (Å²) in [7, 11) is 0.727. The summed E-state index contributed by atoms with van der Waals surface area (Å²) in [5.41, 5.74) is 0.821. The highest BCUT2D eigenvalue weighted by Gasteiger charge is 2.38. The topological polar surface area (TPSA) is 61.4 Å². The van der Waals surface area contributed by atoms with Crippen molar-refractivity contribution < 1.29 is 8.42 Å². The number of likely N-dealkylation sites (N-methyl/N-ethyl adjacent to an activating group) is 1. The summed E-state index contributed by atoms with van der Waals surface area (Å²) in [5.74, 6) is 0. The largest absolute Gasteiger partial charge is 0.382 e. The Morgan fingerprint density at radius 3 is 2.43 bits per heavy atom. The number of nitrogens with zero attached hydrogens (tertiary/aromatic N) is 1. The molecular weight excluding hydrogens is 286 g/mol. The molecular formula is C15H25N3O2S. The number of hydrogen-bond acceptors (Lipinski definition) is 4. The van der Waals surface area contributed by atoms with E-state index in [0.29, 0.717) is 17.1 Å². The first-order valence-corrected chi connectivity index (χ1v) is 8.90. The van der Waals surface area contributed by atoms with E-state index in [0.717, 1.165) is 19.4 Å². The number of anilines is 1. The van der Waals surface area contributed by atoms with Crippen LogP contribution in [0, 0.1) is 0 Å². The Balaban J connectivity index is 2.18. The Hall–Kier alpha value is -1.11. The van der Waals surface area contributed by atoms with Crippen LogP contribution >= 0.6 is 0 Å². The molecule has 0 bridgehead atoms. The maximum absolute atomic E-state index is 12.2. The molecule has 5 nitrogen and oxygen atoms in total. The quantitative estimate of drug-likeness (QED) is 0.807. The molecule has 0 unspecified atom stereocenters. The summed E-state index contributed by atoms with van der Waals surface area (Å²) in [6.45, 7) is 2.93. The van der Waals surface area contributed by atoms with Crippen molar-refractivity contribution in [3.8, 4) is 0 Å². The highest BCUT2D eigenvalue weighted by atomic mass is 32.2. The molecule has 21 heavy (non-hydrogen) atoms. The number of sulfonamides is 1. The summed E-state index contributed by atoms with van der Waals surface area (Å²) in [6.07, 6.45) is 3.53. The van der Waals surface area contributed by atoms with E-state index in [1.807, 2.05) is 12.1 Å². The average Bonchev–Trinajstić information content (AvgIpc) is 2.37. The van der Waals surface area contributed by atoms with E-state index in [1.165, 1.54) is 6.42 Å². The number of nitrogens with one attached hydrogen (secondary N) is 2. The Kier molecular flexibility index (Phi) is 4.91. The van der Waals surface area contributed by atoms with Gasteiger partial charge in [0, 0.05) is 18.6 Å². The van der Waals surface area contributed by atoms with E-state index in [-0.39, 0.29) is 5.54 Å². The third kappa shape index (κ3) is 3.39. The van der Waals surface area contributed by atoms with E-state index in [9.17, 15) is 8.42 Å². The molecule has 0 radical (unpaired) electrons. The van der Waals surface area contributed by atoms with Gasteiger partial charge in [-0.3, -0.25) is 0 Å². The Morgan fingerprint density at radius 1 is 1.24 bits per heavy atom. The molecule has 2 N–H and O–H groups in total. The molecule has 0 atom stereocenters. The van der Waals surface area contributed by atoms with Gasteiger partial charge in [0.05, 0.1) is 5.69 Å². The zero-order valence-electron chi connectivity index (χ0n) is 13.0. The molecule has 0 amide bonds. The molecule has 1 fully saturated rings. The first kappa shape index (κ1) is 16.3. The molecule has 0 heterocycles. The summed E-state index contributed by atoms with van der Waals surface area (Å²) in [5, 5.41) is 3.34. The molecule has 1 aliphatic carbocycles. The van der Waals surface area contributed by atoms with Gasteiger partial charge in [-0.25, -0.2) is 13.1 Å². The van der Waals surface area contributed by atoms with Crippen LogP contribution in [-0.2, 0) is 10.0 Å². The minimum atomic E-state index is -3.44. The van der Waals surface area contributed by atoms with Crippen molar-refractivity contribution in [1.82, 2.24) is 9.62 Å². The monoisotopic (exact) mass is 311 g/mol. The van der Waals surface area contributed by atoms with Crippen molar-refractivity contribution in [2.75, 3.05) is 32.5 Å². The van der Waals surface area contributed by atoms with Crippen LogP contribution in [-0.4, -0.2) is 46.0 Å². The Bertz CT molecular complexity index is 580. The second-order valence-electron chi connectivity index (χ2n) is 5.82. The van der Waals surface area contributed by atoms with Crippen LogP contribution in [0.4, 0.5) is 5.69 Å². The van der Waals surface area contributed by atoms with Gasteiger partial charge < -0.3 is 10.2 Å². The fraction of sp³-hybridized carbons (Fsp3) is 0.600. The molecule has 1 saturated carbocycles. The molecule has 0 aliphatic heterocycles. The van der Waals surface area contributed by atoms with Gasteiger partial charge in [-0.1, -0.05) is 19.1 Å². The first-order chi connectivity index (χ1) is 9.91. The predicted molar refractivity (Wildman–Crippen MR) is 86.1 cm³/mol. The maximum Gasteiger partial charge on any atom is 0.242 e. The van der Waals surface area contributed by atoms with Gasteiger partial charge in [0.1, 0.15) is 4.90 Å². The summed E-state index contributed by atoms with van der Waals surface area (Å²) >= 11 is 0. The molecule has 0 aromatic heterocycles. The third-order valence-corrected chi connectivity index (χ3v) is 5.96. The van der Waals surface area contributed by atoms with Crippen molar-refractivity contribution in [2.24, 2.45) is 0 Å². The third-order valence-electron chi connectivity index (χ3n) is 4.35. The molecule has 0 saturated heterocycles. The van der Waals surface area contributed by atoms with Gasteiger partial charge in [-0.2, -0.15) is 0 Å². The van der Waals surface area contributed by atoms with Crippen molar-refractivity contribution >= 4 is 15.7 Å². The van der Waals surface area contributed by atoms with Crippen LogP contribution in [0.2, 0.25) is 0 Å². The van der Waals surface area contributed by atoms with Crippen molar-refractivity contribution in [3.63, 3.8) is 0 Å². The normalized spacial score (nSPS) is 17.5. The molecule has 1 aromatic rings. The van der Waals surface area contributed by atoms with Crippen LogP contribution in [0.25, 0.3) is 0 Å². The van der Waals surface area contributed by atoms with E-state index in [4.69, 9.17) is 0 Å². The van der Waals surface area contributed by atoms with Crippen molar-refractivity contribution in [2.45, 2.75) is 36.6 Å². The zero-order chi connectivity index (χ0) is 15.5. The second-order valence-corrected chi connectivity index (χ2v) is 7.56. The van der Waals surface area contributed by atoms with E-state index in [1.54, 1.807) is 19.1 Å². The van der Waals surface area contributed by atoms with Gasteiger partial charge in [0.2, 0.25) is 10.0 Å². The Morgan fingerprint density at radius 2 is 1.90 bits per heavy atom. The van der Waals surface area contributed by atoms with Crippen LogP contribution in [0.3, 0.4) is 0 Å². The highest BCUT2D eigenvalue weighted by molar-refractivity contribution is 7.89. The second kappa shape index (κ2) is 6.34. The Labute approximate surface area is 127 Å². The summed E-state index contributed by atoms with van der Waals surface area (Å²) < 4.78 is 27.0. The number of para-hydroxylation sites is 1. The average molecular weight is 311 g/mol. The fourth-order valence-corrected chi connectivity index (χ4v) is 3.96. The van der Waals surface area contributed by atoms with Gasteiger partial charge in [0.15, 0.2) is 0 Å².